The normalized spacial score (nSPS) is 10.5. The summed E-state index contributed by atoms with van der Waals surface area (Å²) in [6, 6.07) is 19.8. The van der Waals surface area contributed by atoms with E-state index in [0.717, 1.165) is 0 Å². The van der Waals surface area contributed by atoms with E-state index < -0.39 is 24.2 Å². The molecule has 3 aromatic rings. The van der Waals surface area contributed by atoms with Crippen molar-refractivity contribution in [3.05, 3.63) is 103 Å². The fourth-order valence-electron chi connectivity index (χ4n) is 6.27. The van der Waals surface area contributed by atoms with Gasteiger partial charge in [-0.15, -0.1) is 17.1 Å². The van der Waals surface area contributed by atoms with Gasteiger partial charge in [0.25, 0.3) is 0 Å². The van der Waals surface area contributed by atoms with Crippen LogP contribution in [0.25, 0.3) is 15.3 Å². The first-order valence-electron chi connectivity index (χ1n) is 18.4. The Hall–Kier alpha value is -1.05. The molecule has 0 heterocycles. The summed E-state index contributed by atoms with van der Waals surface area (Å²) in [6.07, 6.45) is 0. The maximum atomic E-state index is 6.00. The van der Waals surface area contributed by atoms with Crippen LogP contribution >= 0.6 is 24.2 Å². The second-order valence-electron chi connectivity index (χ2n) is 15.6. The predicted molar refractivity (Wildman–Crippen MR) is 241 cm³/mol. The van der Waals surface area contributed by atoms with E-state index in [2.05, 4.69) is 179 Å². The summed E-state index contributed by atoms with van der Waals surface area (Å²) in [5.74, 6) is 0. The van der Waals surface area contributed by atoms with Crippen molar-refractivity contribution in [3.8, 4) is 0 Å². The Morgan fingerprint density at radius 1 is 0.358 bits per heavy atom. The SMILES string of the molecule is Cc1cc(C)cc([N-][PH+](C(C)C)C(C)C)c1.Cc1cc(C)cc([N-][PH+](C(C)C)C(C)C)c1.Cc1cc(C)cc([N-][PH+](C(C)C)C(C)C)c1.N.N#N.[Co+2].[Ti+2]. The number of hydrogen-bond acceptors (Lipinski definition) is 3. The summed E-state index contributed by atoms with van der Waals surface area (Å²) in [7, 11) is -1.92. The van der Waals surface area contributed by atoms with Crippen molar-refractivity contribution in [1.29, 1.82) is 10.8 Å². The molecule has 0 aliphatic carbocycles. The van der Waals surface area contributed by atoms with E-state index in [-0.39, 0.29) is 44.6 Å². The Balaban J connectivity index is -0.000000323. The summed E-state index contributed by atoms with van der Waals surface area (Å²) in [4.78, 5) is 0. The minimum atomic E-state index is -0.639. The zero-order valence-electron chi connectivity index (χ0n) is 36.4. The maximum absolute atomic E-state index is 6.00. The molecular weight excluding hydrogens is 788 g/mol. The molecule has 11 heteroatoms. The van der Waals surface area contributed by atoms with E-state index in [1.54, 1.807) is 0 Å². The summed E-state index contributed by atoms with van der Waals surface area (Å²) in [5.41, 5.74) is 15.6. The van der Waals surface area contributed by atoms with Crippen molar-refractivity contribution < 1.29 is 38.5 Å². The molecule has 0 saturated heterocycles. The summed E-state index contributed by atoms with van der Waals surface area (Å²) in [6.45, 7) is 40.4. The number of rotatable bonds is 12. The summed E-state index contributed by atoms with van der Waals surface area (Å²) >= 11 is 0. The molecule has 6 nitrogen and oxygen atoms in total. The van der Waals surface area contributed by atoms with Crippen LogP contribution in [0.3, 0.4) is 0 Å². The minimum Gasteiger partial charge on any atom is -0.524 e. The average Bonchev–Trinajstić information content (AvgIpc) is 2.97. The van der Waals surface area contributed by atoms with Gasteiger partial charge in [-0.3, -0.25) is 0 Å². The van der Waals surface area contributed by atoms with Crippen molar-refractivity contribution in [2.75, 3.05) is 0 Å². The molecule has 0 atom stereocenters. The van der Waals surface area contributed by atoms with Gasteiger partial charge >= 0.3 is 38.5 Å². The first-order chi connectivity index (χ1) is 23.2. The van der Waals surface area contributed by atoms with E-state index in [9.17, 15) is 0 Å². The van der Waals surface area contributed by atoms with Gasteiger partial charge < -0.3 is 21.4 Å². The van der Waals surface area contributed by atoms with Crippen LogP contribution in [0.1, 0.15) is 116 Å². The third-order valence-corrected chi connectivity index (χ3v) is 16.6. The van der Waals surface area contributed by atoms with Gasteiger partial charge in [0.1, 0.15) is 0 Å². The fourth-order valence-corrected chi connectivity index (χ4v) is 13.1. The Kier molecular flexibility index (Phi) is 33.3. The molecule has 0 aliphatic heterocycles. The maximum Gasteiger partial charge on any atom is 2.00 e. The van der Waals surface area contributed by atoms with Crippen molar-refractivity contribution in [3.63, 3.8) is 0 Å². The standard InChI is InChI=1S/3C14H24NP.Co.N2.H3N.Ti/c3*1-10(2)16(11(3)4)15-14-8-12(5)7-13(6)9-14;;1-2;;/h3*7-11,16H,1-6H3;;;1H3;/q;;;+2;;;+2. The minimum absolute atomic E-state index is 0. The van der Waals surface area contributed by atoms with E-state index in [1.165, 1.54) is 50.4 Å². The van der Waals surface area contributed by atoms with Gasteiger partial charge in [0.15, 0.2) is 0 Å². The van der Waals surface area contributed by atoms with Gasteiger partial charge in [0, 0.05) is 10.8 Å². The molecule has 0 spiro atoms. The van der Waals surface area contributed by atoms with E-state index >= 15 is 0 Å². The topological polar surface area (TPSA) is 125 Å². The third-order valence-electron chi connectivity index (χ3n) is 7.94. The molecule has 0 aliphatic rings. The van der Waals surface area contributed by atoms with E-state index in [1.807, 2.05) is 0 Å². The molecule has 1 radical (unpaired) electrons. The number of benzene rings is 3. The smallest absolute Gasteiger partial charge is 0.524 e. The van der Waals surface area contributed by atoms with Gasteiger partial charge in [-0.1, -0.05) is 112 Å². The first-order valence-corrected chi connectivity index (χ1v) is 23.2. The monoisotopic (exact) mass is 863 g/mol. The van der Waals surface area contributed by atoms with E-state index in [0.29, 0.717) is 34.0 Å². The van der Waals surface area contributed by atoms with Crippen LogP contribution in [0.5, 0.6) is 0 Å². The van der Waals surface area contributed by atoms with Crippen LogP contribution in [0.15, 0.2) is 54.6 Å². The zero-order chi connectivity index (χ0) is 38.9. The largest absolute Gasteiger partial charge is 2.00 e. The van der Waals surface area contributed by atoms with Crippen LogP contribution in [0.4, 0.5) is 17.1 Å². The van der Waals surface area contributed by atoms with Crippen molar-refractivity contribution in [2.24, 2.45) is 0 Å². The number of hydrogen-bond donors (Lipinski definition) is 1. The van der Waals surface area contributed by atoms with Gasteiger partial charge in [0.05, 0.1) is 34.0 Å². The molecule has 3 N–H and O–H groups in total. The predicted octanol–water partition coefficient (Wildman–Crippen LogP) is 16.0. The molecule has 0 saturated carbocycles. The molecule has 0 amide bonds. The molecule has 3 rings (SSSR count). The van der Waals surface area contributed by atoms with Crippen LogP contribution in [-0.4, -0.2) is 34.0 Å². The Morgan fingerprint density at radius 3 is 0.604 bits per heavy atom. The van der Waals surface area contributed by atoms with Gasteiger partial charge in [-0.25, -0.2) is 0 Å². The molecule has 3 aromatic carbocycles. The second kappa shape index (κ2) is 30.1. The molecule has 53 heavy (non-hydrogen) atoms. The fraction of sp³-hybridized carbons (Fsp3) is 0.571. The summed E-state index contributed by atoms with van der Waals surface area (Å²) < 4.78 is 0. The molecule has 0 aromatic heterocycles. The number of aryl methyl sites for hydroxylation is 6. The van der Waals surface area contributed by atoms with E-state index in [4.69, 9.17) is 26.0 Å². The first kappa shape index (κ1) is 58.7. The quantitative estimate of drug-likeness (QED) is 0.111. The van der Waals surface area contributed by atoms with Crippen LogP contribution in [0.2, 0.25) is 0 Å². The van der Waals surface area contributed by atoms with Crippen LogP contribution in [-0.2, 0) is 38.5 Å². The Morgan fingerprint density at radius 2 is 0.491 bits per heavy atom. The van der Waals surface area contributed by atoms with Gasteiger partial charge in [0.2, 0.25) is 0 Å². The average molecular weight is 864 g/mol. The summed E-state index contributed by atoms with van der Waals surface area (Å²) in [5, 5.41) is 26.9. The van der Waals surface area contributed by atoms with Crippen molar-refractivity contribution in [2.45, 2.75) is 159 Å². The molecular formula is C42H75CoN6P3Ti+4. The Bertz CT molecular complexity index is 1180. The van der Waals surface area contributed by atoms with Crippen molar-refractivity contribution in [1.82, 2.24) is 6.15 Å². The molecule has 0 bridgehead atoms. The zero-order valence-corrected chi connectivity index (χ0v) is 42.0. The molecule has 297 valence electrons. The van der Waals surface area contributed by atoms with Crippen LogP contribution in [0, 0.1) is 52.3 Å². The van der Waals surface area contributed by atoms with Gasteiger partial charge in [-0.05, 0) is 125 Å². The third kappa shape index (κ3) is 24.3. The molecule has 0 unspecified atom stereocenters. The Labute approximate surface area is 356 Å². The van der Waals surface area contributed by atoms with Gasteiger partial charge in [-0.2, -0.15) is 0 Å². The van der Waals surface area contributed by atoms with Crippen molar-refractivity contribution >= 4 is 41.3 Å². The molecule has 0 fully saturated rings. The number of nitrogens with zero attached hydrogens (tertiary/aromatic N) is 5. The van der Waals surface area contributed by atoms with Crippen LogP contribution < -0.4 is 6.15 Å². The second-order valence-corrected chi connectivity index (χ2v) is 25.7.